The normalized spacial score (nSPS) is 27.0. The van der Waals surface area contributed by atoms with Crippen LogP contribution in [0.5, 0.6) is 0 Å². The topological polar surface area (TPSA) is 12.0 Å². The molecule has 86 valence electrons. The highest BCUT2D eigenvalue weighted by Crippen LogP contribution is 2.45. The molecule has 1 heterocycles. The first kappa shape index (κ1) is 10.3. The van der Waals surface area contributed by atoms with E-state index < -0.39 is 0 Å². The Balaban J connectivity index is 2.19. The van der Waals surface area contributed by atoms with Crippen molar-refractivity contribution in [2.24, 2.45) is 0 Å². The summed E-state index contributed by atoms with van der Waals surface area (Å²) in [6.45, 7) is 7.04. The molecule has 0 fully saturated rings. The van der Waals surface area contributed by atoms with Crippen LogP contribution in [0.2, 0.25) is 0 Å². The van der Waals surface area contributed by atoms with E-state index in [1.165, 1.54) is 25.8 Å². The van der Waals surface area contributed by atoms with Crippen molar-refractivity contribution in [2.75, 3.05) is 6.54 Å². The molecule has 1 aromatic rings. The molecular formula is C15H21N. The van der Waals surface area contributed by atoms with Crippen molar-refractivity contribution in [1.82, 2.24) is 5.32 Å². The van der Waals surface area contributed by atoms with E-state index in [1.54, 1.807) is 16.7 Å². The summed E-state index contributed by atoms with van der Waals surface area (Å²) in [5.74, 6) is 0.814. The minimum atomic E-state index is 0.381. The first-order valence-corrected chi connectivity index (χ1v) is 6.51. The molecule has 0 saturated heterocycles. The fraction of sp³-hybridized carbons (Fsp3) is 0.600. The van der Waals surface area contributed by atoms with Crippen LogP contribution in [0.4, 0.5) is 0 Å². The SMILES string of the molecule is CC1(C)CCC2CCNCc3cccc1c32. The van der Waals surface area contributed by atoms with Crippen molar-refractivity contribution in [3.8, 4) is 0 Å². The van der Waals surface area contributed by atoms with Crippen LogP contribution in [-0.4, -0.2) is 6.54 Å². The van der Waals surface area contributed by atoms with Crippen molar-refractivity contribution in [3.05, 3.63) is 34.9 Å². The van der Waals surface area contributed by atoms with Crippen LogP contribution in [0.1, 0.15) is 55.7 Å². The van der Waals surface area contributed by atoms with Crippen LogP contribution in [0.3, 0.4) is 0 Å². The van der Waals surface area contributed by atoms with E-state index in [9.17, 15) is 0 Å². The largest absolute Gasteiger partial charge is 0.313 e. The molecule has 1 unspecified atom stereocenters. The molecule has 1 N–H and O–H groups in total. The monoisotopic (exact) mass is 215 g/mol. The van der Waals surface area contributed by atoms with Gasteiger partial charge in [0.1, 0.15) is 0 Å². The molecule has 0 saturated carbocycles. The molecule has 3 rings (SSSR count). The highest BCUT2D eigenvalue weighted by Gasteiger charge is 2.34. The third kappa shape index (κ3) is 1.49. The Hall–Kier alpha value is -0.820. The lowest BCUT2D eigenvalue weighted by Gasteiger charge is -2.37. The number of hydrogen-bond acceptors (Lipinski definition) is 1. The molecule has 16 heavy (non-hydrogen) atoms. The molecule has 1 aliphatic carbocycles. The van der Waals surface area contributed by atoms with Gasteiger partial charge < -0.3 is 5.32 Å². The van der Waals surface area contributed by atoms with Gasteiger partial charge >= 0.3 is 0 Å². The molecule has 0 aromatic heterocycles. The zero-order valence-electron chi connectivity index (χ0n) is 10.3. The lowest BCUT2D eigenvalue weighted by molar-refractivity contribution is 0.383. The number of benzene rings is 1. The Morgan fingerprint density at radius 1 is 1.25 bits per heavy atom. The third-order valence-electron chi connectivity index (χ3n) is 4.44. The second-order valence-electron chi connectivity index (χ2n) is 5.96. The van der Waals surface area contributed by atoms with E-state index in [4.69, 9.17) is 0 Å². The zero-order valence-corrected chi connectivity index (χ0v) is 10.3. The van der Waals surface area contributed by atoms with Gasteiger partial charge in [-0.2, -0.15) is 0 Å². The van der Waals surface area contributed by atoms with Gasteiger partial charge in [0.25, 0.3) is 0 Å². The summed E-state index contributed by atoms with van der Waals surface area (Å²) in [6.07, 6.45) is 4.03. The van der Waals surface area contributed by atoms with Crippen molar-refractivity contribution in [1.29, 1.82) is 0 Å². The van der Waals surface area contributed by atoms with Crippen molar-refractivity contribution in [2.45, 2.75) is 51.0 Å². The quantitative estimate of drug-likeness (QED) is 0.700. The van der Waals surface area contributed by atoms with E-state index in [-0.39, 0.29) is 0 Å². The zero-order chi connectivity index (χ0) is 11.2. The Morgan fingerprint density at radius 3 is 3.00 bits per heavy atom. The summed E-state index contributed by atoms with van der Waals surface area (Å²) in [5.41, 5.74) is 5.23. The standard InChI is InChI=1S/C15H21N/c1-15(2)8-6-11-7-9-16-10-12-4-3-5-13(15)14(11)12/h3-5,11,16H,6-10H2,1-2H3. The molecular weight excluding hydrogens is 194 g/mol. The molecule has 0 spiro atoms. The molecule has 0 bridgehead atoms. The van der Waals surface area contributed by atoms with Gasteiger partial charge in [0.15, 0.2) is 0 Å². The molecule has 1 nitrogen and oxygen atoms in total. The fourth-order valence-corrected chi connectivity index (χ4v) is 3.44. The first-order chi connectivity index (χ1) is 7.68. The number of hydrogen-bond donors (Lipinski definition) is 1. The predicted molar refractivity (Wildman–Crippen MR) is 67.8 cm³/mol. The summed E-state index contributed by atoms with van der Waals surface area (Å²) in [4.78, 5) is 0. The summed E-state index contributed by atoms with van der Waals surface area (Å²) >= 11 is 0. The summed E-state index contributed by atoms with van der Waals surface area (Å²) < 4.78 is 0. The molecule has 2 aliphatic rings. The Kier molecular flexibility index (Phi) is 2.32. The van der Waals surface area contributed by atoms with Gasteiger partial charge in [-0.25, -0.2) is 0 Å². The van der Waals surface area contributed by atoms with Crippen molar-refractivity contribution >= 4 is 0 Å². The second kappa shape index (κ2) is 3.59. The maximum atomic E-state index is 3.55. The lowest BCUT2D eigenvalue weighted by Crippen LogP contribution is -2.27. The predicted octanol–water partition coefficient (Wildman–Crippen LogP) is 3.33. The highest BCUT2D eigenvalue weighted by atomic mass is 14.9. The number of nitrogens with one attached hydrogen (secondary N) is 1. The molecule has 1 heteroatoms. The average Bonchev–Trinajstić information content (AvgIpc) is 2.47. The maximum Gasteiger partial charge on any atom is 0.0208 e. The van der Waals surface area contributed by atoms with E-state index in [2.05, 4.69) is 37.4 Å². The van der Waals surface area contributed by atoms with Crippen LogP contribution in [0, 0.1) is 0 Å². The van der Waals surface area contributed by atoms with Gasteiger partial charge in [-0.05, 0) is 53.8 Å². The number of rotatable bonds is 0. The van der Waals surface area contributed by atoms with Gasteiger partial charge in [-0.1, -0.05) is 32.0 Å². The third-order valence-corrected chi connectivity index (χ3v) is 4.44. The minimum absolute atomic E-state index is 0.381. The van der Waals surface area contributed by atoms with Crippen molar-refractivity contribution in [3.63, 3.8) is 0 Å². The van der Waals surface area contributed by atoms with Crippen LogP contribution < -0.4 is 5.32 Å². The average molecular weight is 215 g/mol. The van der Waals surface area contributed by atoms with E-state index in [0.717, 1.165) is 12.5 Å². The van der Waals surface area contributed by atoms with Crippen molar-refractivity contribution < 1.29 is 0 Å². The van der Waals surface area contributed by atoms with E-state index in [0.29, 0.717) is 5.41 Å². The van der Waals surface area contributed by atoms with E-state index >= 15 is 0 Å². The summed E-state index contributed by atoms with van der Waals surface area (Å²) in [6, 6.07) is 6.91. The second-order valence-corrected chi connectivity index (χ2v) is 5.96. The molecule has 1 aromatic carbocycles. The fourth-order valence-electron chi connectivity index (χ4n) is 3.44. The van der Waals surface area contributed by atoms with Crippen LogP contribution in [0.15, 0.2) is 18.2 Å². The molecule has 0 amide bonds. The van der Waals surface area contributed by atoms with Gasteiger partial charge in [-0.15, -0.1) is 0 Å². The highest BCUT2D eigenvalue weighted by molar-refractivity contribution is 5.44. The smallest absolute Gasteiger partial charge is 0.0208 e. The lowest BCUT2D eigenvalue weighted by atomic mass is 9.67. The van der Waals surface area contributed by atoms with Crippen LogP contribution in [-0.2, 0) is 12.0 Å². The van der Waals surface area contributed by atoms with Crippen LogP contribution >= 0.6 is 0 Å². The van der Waals surface area contributed by atoms with Gasteiger partial charge in [0.05, 0.1) is 0 Å². The summed E-state index contributed by atoms with van der Waals surface area (Å²) in [5, 5.41) is 3.55. The van der Waals surface area contributed by atoms with Gasteiger partial charge in [-0.3, -0.25) is 0 Å². The Labute approximate surface area is 98.3 Å². The Bertz CT molecular complexity index is 406. The van der Waals surface area contributed by atoms with Gasteiger partial charge in [0.2, 0.25) is 0 Å². The molecule has 1 aliphatic heterocycles. The van der Waals surface area contributed by atoms with E-state index in [1.807, 2.05) is 0 Å². The minimum Gasteiger partial charge on any atom is -0.313 e. The molecule has 1 atom stereocenters. The Morgan fingerprint density at radius 2 is 2.12 bits per heavy atom. The van der Waals surface area contributed by atoms with Gasteiger partial charge in [0, 0.05) is 6.54 Å². The summed E-state index contributed by atoms with van der Waals surface area (Å²) in [7, 11) is 0. The molecule has 0 radical (unpaired) electrons. The maximum absolute atomic E-state index is 3.55. The first-order valence-electron chi connectivity index (χ1n) is 6.51. The van der Waals surface area contributed by atoms with Crippen LogP contribution in [0.25, 0.3) is 0 Å².